The van der Waals surface area contributed by atoms with E-state index in [9.17, 15) is 4.79 Å². The summed E-state index contributed by atoms with van der Waals surface area (Å²) in [6, 6.07) is 9.17. The number of halogens is 2. The first-order valence-electron chi connectivity index (χ1n) is 10.2. The number of aromatic nitrogens is 3. The molecule has 31 heavy (non-hydrogen) atoms. The molecular weight excluding hydrogens is 435 g/mol. The number of esters is 1. The molecule has 0 saturated carbocycles. The van der Waals surface area contributed by atoms with Crippen molar-refractivity contribution in [3.05, 3.63) is 69.6 Å². The molecule has 0 atom stereocenters. The fourth-order valence-corrected chi connectivity index (χ4v) is 4.63. The zero-order chi connectivity index (χ0) is 22.0. The molecule has 1 saturated heterocycles. The van der Waals surface area contributed by atoms with E-state index in [-0.39, 0.29) is 5.97 Å². The minimum atomic E-state index is -0.387. The number of pyridine rings is 1. The smallest absolute Gasteiger partial charge is 0.337 e. The van der Waals surface area contributed by atoms with Gasteiger partial charge in [0.1, 0.15) is 5.69 Å². The Balaban J connectivity index is 1.42. The lowest BCUT2D eigenvalue weighted by Gasteiger charge is -2.32. The van der Waals surface area contributed by atoms with Gasteiger partial charge in [0.15, 0.2) is 5.82 Å². The summed E-state index contributed by atoms with van der Waals surface area (Å²) in [7, 11) is 3.34. The number of methoxy groups -OCH3 is 1. The lowest BCUT2D eigenvalue weighted by Crippen LogP contribution is -2.33. The maximum absolute atomic E-state index is 11.8. The Kier molecular flexibility index (Phi) is 6.60. The van der Waals surface area contributed by atoms with Crippen LogP contribution in [0.1, 0.15) is 40.4 Å². The van der Waals surface area contributed by atoms with Gasteiger partial charge >= 0.3 is 5.97 Å². The fourth-order valence-electron chi connectivity index (χ4n) is 4.09. The molecule has 0 spiro atoms. The number of ether oxygens (including phenoxy) is 1. The third kappa shape index (κ3) is 4.92. The molecule has 1 fully saturated rings. The highest BCUT2D eigenvalue weighted by Gasteiger charge is 2.23. The second kappa shape index (κ2) is 9.39. The average Bonchev–Trinajstić information content (AvgIpc) is 3.13. The van der Waals surface area contributed by atoms with E-state index < -0.39 is 0 Å². The van der Waals surface area contributed by atoms with Crippen molar-refractivity contribution in [3.63, 3.8) is 0 Å². The number of likely N-dealkylation sites (tertiary alicyclic amines) is 1. The van der Waals surface area contributed by atoms with Crippen LogP contribution in [0.2, 0.25) is 10.0 Å². The Labute approximate surface area is 191 Å². The first-order valence-corrected chi connectivity index (χ1v) is 10.9. The van der Waals surface area contributed by atoms with Gasteiger partial charge in [-0.1, -0.05) is 23.2 Å². The highest BCUT2D eigenvalue weighted by molar-refractivity contribution is 6.34. The molecule has 0 unspecified atom stereocenters. The number of nitrogens with zero attached hydrogens (tertiary/aromatic N) is 4. The molecule has 0 bridgehead atoms. The SMILES string of the molecule is COC(=O)c1ccnc(-c2ncc(CN3CCC(c4cc(Cl)cc(Cl)c4)CC3)n2C)c1. The number of rotatable bonds is 5. The predicted octanol–water partition coefficient (Wildman–Crippen LogP) is 4.96. The summed E-state index contributed by atoms with van der Waals surface area (Å²) < 4.78 is 6.84. The molecule has 1 aliphatic rings. The molecule has 1 aliphatic heterocycles. The van der Waals surface area contributed by atoms with E-state index in [4.69, 9.17) is 27.9 Å². The number of hydrogen-bond acceptors (Lipinski definition) is 5. The van der Waals surface area contributed by atoms with Crippen molar-refractivity contribution in [3.8, 4) is 11.5 Å². The molecule has 0 N–H and O–H groups in total. The van der Waals surface area contributed by atoms with E-state index in [1.54, 1.807) is 24.4 Å². The van der Waals surface area contributed by atoms with Gasteiger partial charge in [0, 0.05) is 29.8 Å². The van der Waals surface area contributed by atoms with Gasteiger partial charge in [-0.15, -0.1) is 0 Å². The van der Waals surface area contributed by atoms with Crippen molar-refractivity contribution in [2.24, 2.45) is 7.05 Å². The van der Waals surface area contributed by atoms with E-state index in [0.717, 1.165) is 44.0 Å². The molecule has 3 aromatic rings. The third-order valence-electron chi connectivity index (χ3n) is 5.82. The number of carbonyl (C=O) groups excluding carboxylic acids is 1. The minimum Gasteiger partial charge on any atom is -0.465 e. The van der Waals surface area contributed by atoms with Crippen LogP contribution in [0.5, 0.6) is 0 Å². The summed E-state index contributed by atoms with van der Waals surface area (Å²) >= 11 is 12.4. The molecule has 0 radical (unpaired) electrons. The van der Waals surface area contributed by atoms with E-state index in [1.807, 2.05) is 29.9 Å². The standard InChI is InChI=1S/C23H24Cl2N4O2/c1-28-20(13-27-22(28)21-11-16(3-6-26-21)23(30)31-2)14-29-7-4-15(5-8-29)17-9-18(24)12-19(25)10-17/h3,6,9-13,15H,4-5,7-8,14H2,1-2H3. The summed E-state index contributed by atoms with van der Waals surface area (Å²) in [6.45, 7) is 2.79. The van der Waals surface area contributed by atoms with Crippen molar-refractivity contribution in [1.29, 1.82) is 0 Å². The van der Waals surface area contributed by atoms with Crippen LogP contribution in [-0.4, -0.2) is 45.6 Å². The van der Waals surface area contributed by atoms with E-state index in [0.29, 0.717) is 27.2 Å². The number of imidazole rings is 1. The maximum atomic E-state index is 11.8. The van der Waals surface area contributed by atoms with Crippen molar-refractivity contribution in [2.75, 3.05) is 20.2 Å². The molecule has 8 heteroatoms. The van der Waals surface area contributed by atoms with E-state index >= 15 is 0 Å². The van der Waals surface area contributed by atoms with Gasteiger partial charge in [-0.2, -0.15) is 0 Å². The topological polar surface area (TPSA) is 60.2 Å². The average molecular weight is 459 g/mol. The largest absolute Gasteiger partial charge is 0.465 e. The molecule has 6 nitrogen and oxygen atoms in total. The van der Waals surface area contributed by atoms with Gasteiger partial charge in [-0.25, -0.2) is 9.78 Å². The Hall–Kier alpha value is -2.41. The van der Waals surface area contributed by atoms with Crippen LogP contribution in [0.3, 0.4) is 0 Å². The van der Waals surface area contributed by atoms with Crippen LogP contribution in [-0.2, 0) is 18.3 Å². The van der Waals surface area contributed by atoms with Crippen LogP contribution >= 0.6 is 23.2 Å². The lowest BCUT2D eigenvalue weighted by atomic mass is 9.89. The molecule has 162 valence electrons. The van der Waals surface area contributed by atoms with Crippen LogP contribution in [0, 0.1) is 0 Å². The molecular formula is C23H24Cl2N4O2. The van der Waals surface area contributed by atoms with Crippen molar-refractivity contribution in [2.45, 2.75) is 25.3 Å². The number of piperidine rings is 1. The van der Waals surface area contributed by atoms with Crippen LogP contribution < -0.4 is 0 Å². The lowest BCUT2D eigenvalue weighted by molar-refractivity contribution is 0.0600. The predicted molar refractivity (Wildman–Crippen MR) is 121 cm³/mol. The Morgan fingerprint density at radius 2 is 1.84 bits per heavy atom. The van der Waals surface area contributed by atoms with E-state index in [1.165, 1.54) is 12.7 Å². The molecule has 1 aromatic carbocycles. The van der Waals surface area contributed by atoms with Crippen molar-refractivity contribution >= 4 is 29.2 Å². The first-order chi connectivity index (χ1) is 14.9. The second-order valence-electron chi connectivity index (χ2n) is 7.81. The monoisotopic (exact) mass is 458 g/mol. The number of benzene rings is 1. The molecule has 0 aliphatic carbocycles. The van der Waals surface area contributed by atoms with Gasteiger partial charge in [0.05, 0.1) is 24.6 Å². The third-order valence-corrected chi connectivity index (χ3v) is 6.26. The Morgan fingerprint density at radius 1 is 1.13 bits per heavy atom. The quantitative estimate of drug-likeness (QED) is 0.505. The van der Waals surface area contributed by atoms with Gasteiger partial charge in [-0.05, 0) is 67.7 Å². The molecule has 3 heterocycles. The normalized spacial score (nSPS) is 15.2. The van der Waals surface area contributed by atoms with Gasteiger partial charge < -0.3 is 9.30 Å². The van der Waals surface area contributed by atoms with Crippen LogP contribution in [0.25, 0.3) is 11.5 Å². The fraction of sp³-hybridized carbons (Fsp3) is 0.348. The van der Waals surface area contributed by atoms with Gasteiger partial charge in [0.2, 0.25) is 0 Å². The summed E-state index contributed by atoms with van der Waals surface area (Å²) in [5.74, 6) is 0.811. The van der Waals surface area contributed by atoms with Crippen molar-refractivity contribution < 1.29 is 9.53 Å². The van der Waals surface area contributed by atoms with E-state index in [2.05, 4.69) is 14.9 Å². The highest BCUT2D eigenvalue weighted by atomic mass is 35.5. The summed E-state index contributed by atoms with van der Waals surface area (Å²) in [5.41, 5.74) is 3.43. The zero-order valence-electron chi connectivity index (χ0n) is 17.5. The van der Waals surface area contributed by atoms with Gasteiger partial charge in [0.25, 0.3) is 0 Å². The molecule has 2 aromatic heterocycles. The second-order valence-corrected chi connectivity index (χ2v) is 8.68. The van der Waals surface area contributed by atoms with Crippen molar-refractivity contribution in [1.82, 2.24) is 19.4 Å². The molecule has 0 amide bonds. The summed E-state index contributed by atoms with van der Waals surface area (Å²) in [4.78, 5) is 23.2. The zero-order valence-corrected chi connectivity index (χ0v) is 19.0. The summed E-state index contributed by atoms with van der Waals surface area (Å²) in [5, 5.41) is 1.38. The number of hydrogen-bond donors (Lipinski definition) is 0. The van der Waals surface area contributed by atoms with Gasteiger partial charge in [-0.3, -0.25) is 9.88 Å². The summed E-state index contributed by atoms with van der Waals surface area (Å²) in [6.07, 6.45) is 5.60. The number of carbonyl (C=O) groups is 1. The van der Waals surface area contributed by atoms with Crippen LogP contribution in [0.15, 0.2) is 42.7 Å². The first kappa shape index (κ1) is 21.8. The highest BCUT2D eigenvalue weighted by Crippen LogP contribution is 2.32. The van der Waals surface area contributed by atoms with Crippen LogP contribution in [0.4, 0.5) is 0 Å². The molecule has 4 rings (SSSR count). The minimum absolute atomic E-state index is 0.387. The Bertz CT molecular complexity index is 1070. The maximum Gasteiger partial charge on any atom is 0.337 e. The Morgan fingerprint density at radius 3 is 2.52 bits per heavy atom.